The summed E-state index contributed by atoms with van der Waals surface area (Å²) in [7, 11) is 1.29. The van der Waals surface area contributed by atoms with E-state index in [2.05, 4.69) is 36.2 Å². The molecule has 30 heavy (non-hydrogen) atoms. The van der Waals surface area contributed by atoms with Crippen molar-refractivity contribution in [2.45, 2.75) is 20.3 Å². The summed E-state index contributed by atoms with van der Waals surface area (Å²) in [4.78, 5) is 27.1. The molecule has 1 aromatic carbocycles. The van der Waals surface area contributed by atoms with Gasteiger partial charge >= 0.3 is 11.9 Å². The molecule has 0 unspecified atom stereocenters. The quantitative estimate of drug-likeness (QED) is 0.284. The van der Waals surface area contributed by atoms with E-state index in [4.69, 9.17) is 14.2 Å². The fourth-order valence-corrected chi connectivity index (χ4v) is 3.45. The molecule has 0 aliphatic carbocycles. The number of anilines is 1. The number of nitrogens with zero attached hydrogens (tertiary/aromatic N) is 2. The first-order chi connectivity index (χ1) is 14.5. The van der Waals surface area contributed by atoms with Crippen LogP contribution in [0.15, 0.2) is 27.1 Å². The van der Waals surface area contributed by atoms with Crippen LogP contribution >= 0.6 is 27.3 Å². The zero-order chi connectivity index (χ0) is 21.9. The van der Waals surface area contributed by atoms with Gasteiger partial charge in [0.1, 0.15) is 0 Å². The van der Waals surface area contributed by atoms with Crippen molar-refractivity contribution in [2.75, 3.05) is 32.4 Å². The second kappa shape index (κ2) is 12.1. The summed E-state index contributed by atoms with van der Waals surface area (Å²) in [6.07, 6.45) is 1.71. The fraction of sp³-hybridized carbons (Fsp3) is 0.368. The third kappa shape index (κ3) is 7.30. The molecule has 0 saturated heterocycles. The van der Waals surface area contributed by atoms with Gasteiger partial charge in [0, 0.05) is 5.38 Å². The van der Waals surface area contributed by atoms with E-state index < -0.39 is 5.97 Å². The first kappa shape index (κ1) is 23.6. The molecule has 2 aromatic rings. The number of rotatable bonds is 11. The number of halogens is 1. The standard InChI is InChI=1S/C19H22BrN3O6S/c1-4-27-15-7-12(6-14(20)18(15)29-10-17(25)26-3)9-21-23-19-22-13(11-30-19)8-16(24)28-5-2/h6-7,9,11H,4-5,8,10H2,1-3H3,(H,22,23). The molecule has 0 aliphatic heterocycles. The summed E-state index contributed by atoms with van der Waals surface area (Å²) in [5.74, 6) is 0.0460. The lowest BCUT2D eigenvalue weighted by Gasteiger charge is -2.13. The van der Waals surface area contributed by atoms with Crippen molar-refractivity contribution in [2.24, 2.45) is 5.10 Å². The third-order valence-electron chi connectivity index (χ3n) is 3.45. The Morgan fingerprint density at radius 3 is 2.73 bits per heavy atom. The molecular weight excluding hydrogens is 478 g/mol. The molecule has 162 valence electrons. The van der Waals surface area contributed by atoms with Crippen LogP contribution in [-0.2, 0) is 25.5 Å². The maximum absolute atomic E-state index is 11.5. The number of carbonyl (C=O) groups excluding carboxylic acids is 2. The Balaban J connectivity index is 2.05. The molecule has 0 amide bonds. The SMILES string of the molecule is CCOC(=O)Cc1csc(NN=Cc2cc(Br)c(OCC(=O)OC)c(OCC)c2)n1. The Morgan fingerprint density at radius 1 is 1.23 bits per heavy atom. The number of aromatic nitrogens is 1. The van der Waals surface area contributed by atoms with Crippen molar-refractivity contribution >= 4 is 50.6 Å². The highest BCUT2D eigenvalue weighted by Gasteiger charge is 2.14. The zero-order valence-corrected chi connectivity index (χ0v) is 19.2. The Hall–Kier alpha value is -2.66. The molecule has 9 nitrogen and oxygen atoms in total. The lowest BCUT2D eigenvalue weighted by molar-refractivity contribution is -0.143. The van der Waals surface area contributed by atoms with E-state index in [1.807, 2.05) is 6.92 Å². The Bertz CT molecular complexity index is 902. The van der Waals surface area contributed by atoms with Crippen LogP contribution in [0.1, 0.15) is 25.1 Å². The van der Waals surface area contributed by atoms with Gasteiger partial charge in [-0.1, -0.05) is 0 Å². The summed E-state index contributed by atoms with van der Waals surface area (Å²) in [5.41, 5.74) is 4.17. The average Bonchev–Trinajstić information content (AvgIpc) is 3.14. The average molecular weight is 500 g/mol. The number of esters is 2. The van der Waals surface area contributed by atoms with Crippen LogP contribution in [0.4, 0.5) is 5.13 Å². The second-order valence-electron chi connectivity index (χ2n) is 5.62. The molecule has 2 rings (SSSR count). The Labute approximate surface area is 186 Å². The number of hydrogen-bond donors (Lipinski definition) is 1. The molecule has 11 heteroatoms. The van der Waals surface area contributed by atoms with Crippen LogP contribution in [0.2, 0.25) is 0 Å². The molecule has 0 fully saturated rings. The van der Waals surface area contributed by atoms with E-state index in [0.29, 0.717) is 40.0 Å². The van der Waals surface area contributed by atoms with Crippen LogP contribution in [-0.4, -0.2) is 50.1 Å². The minimum Gasteiger partial charge on any atom is -0.490 e. The van der Waals surface area contributed by atoms with E-state index in [1.54, 1.807) is 30.7 Å². The van der Waals surface area contributed by atoms with Gasteiger partial charge in [-0.3, -0.25) is 10.2 Å². The predicted molar refractivity (Wildman–Crippen MR) is 116 cm³/mol. The maximum Gasteiger partial charge on any atom is 0.343 e. The number of ether oxygens (including phenoxy) is 4. The first-order valence-corrected chi connectivity index (χ1v) is 10.7. The zero-order valence-electron chi connectivity index (χ0n) is 16.8. The third-order valence-corrected chi connectivity index (χ3v) is 4.83. The van der Waals surface area contributed by atoms with Crippen molar-refractivity contribution in [3.05, 3.63) is 33.2 Å². The van der Waals surface area contributed by atoms with Crippen molar-refractivity contribution in [3.63, 3.8) is 0 Å². The van der Waals surface area contributed by atoms with E-state index in [-0.39, 0.29) is 19.0 Å². The number of nitrogens with one attached hydrogen (secondary N) is 1. The van der Waals surface area contributed by atoms with Gasteiger partial charge in [-0.25, -0.2) is 9.78 Å². The number of hydrazone groups is 1. The van der Waals surface area contributed by atoms with Crippen LogP contribution in [0.25, 0.3) is 0 Å². The highest BCUT2D eigenvalue weighted by Crippen LogP contribution is 2.36. The number of thiazole rings is 1. The van der Waals surface area contributed by atoms with Gasteiger partial charge in [0.2, 0.25) is 5.13 Å². The molecule has 1 N–H and O–H groups in total. The minimum absolute atomic E-state index is 0.118. The van der Waals surface area contributed by atoms with Crippen LogP contribution in [0.3, 0.4) is 0 Å². The molecule has 0 atom stereocenters. The van der Waals surface area contributed by atoms with Gasteiger partial charge in [-0.05, 0) is 47.5 Å². The summed E-state index contributed by atoms with van der Waals surface area (Å²) in [6, 6.07) is 3.51. The lowest BCUT2D eigenvalue weighted by Crippen LogP contribution is -2.13. The van der Waals surface area contributed by atoms with Gasteiger partial charge in [-0.15, -0.1) is 11.3 Å². The maximum atomic E-state index is 11.5. The number of carbonyl (C=O) groups is 2. The smallest absolute Gasteiger partial charge is 0.343 e. The molecular formula is C19H22BrN3O6S. The van der Waals surface area contributed by atoms with Gasteiger partial charge in [-0.2, -0.15) is 5.10 Å². The highest BCUT2D eigenvalue weighted by molar-refractivity contribution is 9.10. The van der Waals surface area contributed by atoms with Crippen molar-refractivity contribution in [1.29, 1.82) is 0 Å². The molecule has 0 aliphatic rings. The van der Waals surface area contributed by atoms with Gasteiger partial charge < -0.3 is 18.9 Å². The molecule has 0 bridgehead atoms. The molecule has 0 saturated carbocycles. The number of hydrogen-bond acceptors (Lipinski definition) is 10. The van der Waals surface area contributed by atoms with Crippen molar-refractivity contribution < 1.29 is 28.5 Å². The highest BCUT2D eigenvalue weighted by atomic mass is 79.9. The Kier molecular flexibility index (Phi) is 9.55. The number of methoxy groups -OCH3 is 1. The number of benzene rings is 1. The predicted octanol–water partition coefficient (Wildman–Crippen LogP) is 3.41. The second-order valence-corrected chi connectivity index (χ2v) is 7.34. The van der Waals surface area contributed by atoms with Crippen molar-refractivity contribution in [3.8, 4) is 11.5 Å². The van der Waals surface area contributed by atoms with Gasteiger partial charge in [0.15, 0.2) is 18.1 Å². The summed E-state index contributed by atoms with van der Waals surface area (Å²) < 4.78 is 21.2. The van der Waals surface area contributed by atoms with Crippen LogP contribution in [0.5, 0.6) is 11.5 Å². The van der Waals surface area contributed by atoms with E-state index >= 15 is 0 Å². The van der Waals surface area contributed by atoms with Gasteiger partial charge in [0.05, 0.1) is 43.1 Å². The van der Waals surface area contributed by atoms with Crippen LogP contribution in [0, 0.1) is 0 Å². The van der Waals surface area contributed by atoms with Gasteiger partial charge in [0.25, 0.3) is 0 Å². The summed E-state index contributed by atoms with van der Waals surface area (Å²) in [5, 5.41) is 6.48. The molecule has 1 heterocycles. The largest absolute Gasteiger partial charge is 0.490 e. The fourth-order valence-electron chi connectivity index (χ4n) is 2.22. The summed E-state index contributed by atoms with van der Waals surface area (Å²) in [6.45, 7) is 4.12. The van der Waals surface area contributed by atoms with E-state index in [9.17, 15) is 9.59 Å². The Morgan fingerprint density at radius 2 is 2.03 bits per heavy atom. The normalized spacial score (nSPS) is 10.7. The molecule has 0 spiro atoms. The molecule has 1 aromatic heterocycles. The molecule has 0 radical (unpaired) electrons. The van der Waals surface area contributed by atoms with Crippen LogP contribution < -0.4 is 14.9 Å². The van der Waals surface area contributed by atoms with Crippen molar-refractivity contribution in [1.82, 2.24) is 4.98 Å². The van der Waals surface area contributed by atoms with E-state index in [1.165, 1.54) is 18.4 Å². The topological polar surface area (TPSA) is 108 Å². The first-order valence-electron chi connectivity index (χ1n) is 9.01. The summed E-state index contributed by atoms with van der Waals surface area (Å²) >= 11 is 4.75. The van der Waals surface area contributed by atoms with E-state index in [0.717, 1.165) is 5.56 Å². The minimum atomic E-state index is -0.495. The monoisotopic (exact) mass is 499 g/mol. The lowest BCUT2D eigenvalue weighted by atomic mass is 10.2.